The van der Waals surface area contributed by atoms with Crippen LogP contribution in [-0.2, 0) is 4.74 Å². The lowest BCUT2D eigenvalue weighted by Crippen LogP contribution is -2.13. The minimum Gasteiger partial charge on any atom is -0.450 e. The van der Waals surface area contributed by atoms with Gasteiger partial charge in [-0.1, -0.05) is 0 Å². The van der Waals surface area contributed by atoms with Gasteiger partial charge in [0.15, 0.2) is 0 Å². The summed E-state index contributed by atoms with van der Waals surface area (Å²) in [6, 6.07) is 6.85. The minimum atomic E-state index is -0.452. The largest absolute Gasteiger partial charge is 0.450 e. The highest BCUT2D eigenvalue weighted by Crippen LogP contribution is 2.10. The molecule has 0 aliphatic heterocycles. The molecule has 0 aromatic heterocycles. The van der Waals surface area contributed by atoms with Gasteiger partial charge < -0.3 is 10.5 Å². The van der Waals surface area contributed by atoms with Crippen molar-refractivity contribution in [1.29, 1.82) is 0 Å². The number of ether oxygens (including phenoxy) is 1. The first-order chi connectivity index (χ1) is 6.22. The summed E-state index contributed by atoms with van der Waals surface area (Å²) >= 11 is 0. The molecule has 1 amide bonds. The highest BCUT2D eigenvalue weighted by Gasteiger charge is 1.99. The lowest BCUT2D eigenvalue weighted by molar-refractivity contribution is 0.168. The fraction of sp³-hybridized carbons (Fsp3) is 0.222. The topological polar surface area (TPSA) is 64.3 Å². The second kappa shape index (κ2) is 4.35. The fourth-order valence-electron chi connectivity index (χ4n) is 0.851. The lowest BCUT2D eigenvalue weighted by Gasteiger charge is -2.04. The average molecular weight is 180 g/mol. The predicted molar refractivity (Wildman–Crippen MR) is 51.5 cm³/mol. The van der Waals surface area contributed by atoms with Crippen LogP contribution in [0.1, 0.15) is 6.92 Å². The molecular formula is C9H12N2O2. The Morgan fingerprint density at radius 1 is 1.46 bits per heavy atom. The number of nitrogen functional groups attached to an aromatic ring is 1. The van der Waals surface area contributed by atoms with Gasteiger partial charge in [-0.15, -0.1) is 0 Å². The van der Waals surface area contributed by atoms with E-state index in [1.165, 1.54) is 0 Å². The summed E-state index contributed by atoms with van der Waals surface area (Å²) in [7, 11) is 0. The van der Waals surface area contributed by atoms with Crippen molar-refractivity contribution >= 4 is 17.5 Å². The molecule has 0 saturated heterocycles. The third kappa shape index (κ3) is 3.02. The Balaban J connectivity index is 2.54. The van der Waals surface area contributed by atoms with Crippen molar-refractivity contribution in [3.63, 3.8) is 0 Å². The zero-order valence-corrected chi connectivity index (χ0v) is 7.41. The normalized spacial score (nSPS) is 9.31. The van der Waals surface area contributed by atoms with Gasteiger partial charge in [0, 0.05) is 11.4 Å². The van der Waals surface area contributed by atoms with Gasteiger partial charge in [-0.05, 0) is 31.2 Å². The second-order valence-electron chi connectivity index (χ2n) is 2.47. The molecule has 0 unspecified atom stereocenters. The summed E-state index contributed by atoms with van der Waals surface area (Å²) in [6.07, 6.45) is -0.452. The maximum atomic E-state index is 10.9. The van der Waals surface area contributed by atoms with Gasteiger partial charge in [-0.3, -0.25) is 5.32 Å². The van der Waals surface area contributed by atoms with Gasteiger partial charge in [-0.2, -0.15) is 0 Å². The van der Waals surface area contributed by atoms with Crippen molar-refractivity contribution in [2.45, 2.75) is 6.92 Å². The number of carbonyl (C=O) groups excluding carboxylic acids is 1. The highest BCUT2D eigenvalue weighted by atomic mass is 16.5. The molecule has 0 aliphatic rings. The Hall–Kier alpha value is -1.71. The Kier molecular flexibility index (Phi) is 3.14. The van der Waals surface area contributed by atoms with Crippen molar-refractivity contribution in [3.8, 4) is 0 Å². The Morgan fingerprint density at radius 3 is 2.62 bits per heavy atom. The van der Waals surface area contributed by atoms with E-state index in [1.54, 1.807) is 31.2 Å². The van der Waals surface area contributed by atoms with Crippen LogP contribution in [0.2, 0.25) is 0 Å². The number of hydrogen-bond acceptors (Lipinski definition) is 3. The van der Waals surface area contributed by atoms with Crippen LogP contribution in [0.5, 0.6) is 0 Å². The van der Waals surface area contributed by atoms with Gasteiger partial charge in [0.2, 0.25) is 0 Å². The molecule has 70 valence electrons. The summed E-state index contributed by atoms with van der Waals surface area (Å²) in [5.41, 5.74) is 6.81. The van der Waals surface area contributed by atoms with Crippen molar-refractivity contribution in [3.05, 3.63) is 24.3 Å². The molecule has 3 N–H and O–H groups in total. The Morgan fingerprint density at radius 2 is 2.08 bits per heavy atom. The number of rotatable bonds is 2. The van der Waals surface area contributed by atoms with E-state index in [4.69, 9.17) is 10.5 Å². The fourth-order valence-corrected chi connectivity index (χ4v) is 0.851. The zero-order valence-electron chi connectivity index (χ0n) is 7.41. The van der Waals surface area contributed by atoms with Crippen LogP contribution in [0.25, 0.3) is 0 Å². The molecule has 4 nitrogen and oxygen atoms in total. The van der Waals surface area contributed by atoms with E-state index in [0.717, 1.165) is 0 Å². The molecule has 0 fully saturated rings. The Bertz CT molecular complexity index is 282. The van der Waals surface area contributed by atoms with Crippen LogP contribution in [0.3, 0.4) is 0 Å². The first-order valence-corrected chi connectivity index (χ1v) is 4.01. The molecule has 4 heteroatoms. The quantitative estimate of drug-likeness (QED) is 0.682. The van der Waals surface area contributed by atoms with Crippen LogP contribution in [0.15, 0.2) is 24.3 Å². The van der Waals surface area contributed by atoms with E-state index < -0.39 is 6.09 Å². The first-order valence-electron chi connectivity index (χ1n) is 4.01. The molecule has 1 aromatic carbocycles. The number of anilines is 2. The van der Waals surface area contributed by atoms with E-state index in [2.05, 4.69) is 5.32 Å². The van der Waals surface area contributed by atoms with Crippen LogP contribution in [-0.4, -0.2) is 12.7 Å². The number of amides is 1. The molecule has 0 spiro atoms. The Labute approximate surface area is 76.7 Å². The standard InChI is InChI=1S/C9H12N2O2/c1-2-13-9(12)11-8-5-3-7(10)4-6-8/h3-6H,2,10H2,1H3,(H,11,12). The smallest absolute Gasteiger partial charge is 0.411 e. The number of nitrogens with two attached hydrogens (primary N) is 1. The summed E-state index contributed by atoms with van der Waals surface area (Å²) in [6.45, 7) is 2.11. The molecule has 1 rings (SSSR count). The maximum absolute atomic E-state index is 10.9. The first kappa shape index (κ1) is 9.38. The minimum absolute atomic E-state index is 0.362. The molecule has 1 aromatic rings. The van der Waals surface area contributed by atoms with E-state index in [9.17, 15) is 4.79 Å². The molecule has 0 atom stereocenters. The van der Waals surface area contributed by atoms with E-state index in [0.29, 0.717) is 18.0 Å². The number of benzene rings is 1. The van der Waals surface area contributed by atoms with Gasteiger partial charge in [0.05, 0.1) is 6.61 Å². The van der Waals surface area contributed by atoms with E-state index in [-0.39, 0.29) is 0 Å². The highest BCUT2D eigenvalue weighted by molar-refractivity contribution is 5.84. The van der Waals surface area contributed by atoms with Gasteiger partial charge in [-0.25, -0.2) is 4.79 Å². The SMILES string of the molecule is CCOC(=O)Nc1ccc(N)cc1. The van der Waals surface area contributed by atoms with E-state index in [1.807, 2.05) is 0 Å². The van der Waals surface area contributed by atoms with Crippen molar-refractivity contribution in [2.24, 2.45) is 0 Å². The van der Waals surface area contributed by atoms with Gasteiger partial charge in [0.25, 0.3) is 0 Å². The number of carbonyl (C=O) groups is 1. The van der Waals surface area contributed by atoms with Crippen LogP contribution >= 0.6 is 0 Å². The molecule has 0 bridgehead atoms. The summed E-state index contributed by atoms with van der Waals surface area (Å²) < 4.78 is 4.69. The van der Waals surface area contributed by atoms with Crippen LogP contribution < -0.4 is 11.1 Å². The molecule has 0 aliphatic carbocycles. The molecule has 0 radical (unpaired) electrons. The molecule has 0 saturated carbocycles. The third-order valence-corrected chi connectivity index (χ3v) is 1.43. The molecule has 0 heterocycles. The van der Waals surface area contributed by atoms with Crippen LogP contribution in [0.4, 0.5) is 16.2 Å². The lowest BCUT2D eigenvalue weighted by atomic mass is 10.3. The van der Waals surface area contributed by atoms with Crippen molar-refractivity contribution < 1.29 is 9.53 Å². The monoisotopic (exact) mass is 180 g/mol. The molecular weight excluding hydrogens is 168 g/mol. The van der Waals surface area contributed by atoms with Crippen molar-refractivity contribution in [2.75, 3.05) is 17.7 Å². The molecule has 13 heavy (non-hydrogen) atoms. The number of nitrogens with one attached hydrogen (secondary N) is 1. The van der Waals surface area contributed by atoms with Gasteiger partial charge >= 0.3 is 6.09 Å². The van der Waals surface area contributed by atoms with Crippen molar-refractivity contribution in [1.82, 2.24) is 0 Å². The predicted octanol–water partition coefficient (Wildman–Crippen LogP) is 1.84. The van der Waals surface area contributed by atoms with Crippen LogP contribution in [0, 0.1) is 0 Å². The van der Waals surface area contributed by atoms with E-state index >= 15 is 0 Å². The van der Waals surface area contributed by atoms with Gasteiger partial charge in [0.1, 0.15) is 0 Å². The average Bonchev–Trinajstić information content (AvgIpc) is 2.09. The zero-order chi connectivity index (χ0) is 9.68. The summed E-state index contributed by atoms with van der Waals surface area (Å²) in [4.78, 5) is 10.9. The second-order valence-corrected chi connectivity index (χ2v) is 2.47. The third-order valence-electron chi connectivity index (χ3n) is 1.43. The summed E-state index contributed by atoms with van der Waals surface area (Å²) in [5.74, 6) is 0. The number of hydrogen-bond donors (Lipinski definition) is 2. The summed E-state index contributed by atoms with van der Waals surface area (Å²) in [5, 5.41) is 2.55. The maximum Gasteiger partial charge on any atom is 0.411 e.